The van der Waals surface area contributed by atoms with Crippen LogP contribution >= 0.6 is 11.6 Å². The summed E-state index contributed by atoms with van der Waals surface area (Å²) in [7, 11) is -4.23. The molecule has 45 heavy (non-hydrogen) atoms. The van der Waals surface area contributed by atoms with E-state index in [4.69, 9.17) is 11.6 Å². The van der Waals surface area contributed by atoms with Crippen LogP contribution in [0, 0.1) is 27.2 Å². The van der Waals surface area contributed by atoms with Gasteiger partial charge in [-0.1, -0.05) is 77.8 Å². The van der Waals surface area contributed by atoms with Crippen molar-refractivity contribution >= 4 is 44.8 Å². The highest BCUT2D eigenvalue weighted by Gasteiger charge is 2.56. The molecular formula is C30H24ClN5O8S. The minimum Gasteiger partial charge on any atom is -0.271 e. The van der Waals surface area contributed by atoms with Gasteiger partial charge in [0, 0.05) is 22.7 Å². The molecule has 1 heterocycles. The van der Waals surface area contributed by atoms with Crippen LogP contribution in [-0.4, -0.2) is 46.1 Å². The first-order chi connectivity index (χ1) is 21.4. The largest absolute Gasteiger partial charge is 0.277 e. The number of carbonyl (C=O) groups is 2. The summed E-state index contributed by atoms with van der Waals surface area (Å²) in [5, 5.41) is 25.1. The van der Waals surface area contributed by atoms with Crippen LogP contribution < -0.4 is 4.72 Å². The van der Waals surface area contributed by atoms with E-state index in [0.29, 0.717) is 17.2 Å². The van der Waals surface area contributed by atoms with E-state index < -0.39 is 60.8 Å². The number of amides is 2. The second-order valence-electron chi connectivity index (χ2n) is 10.2. The minimum atomic E-state index is -4.23. The van der Waals surface area contributed by atoms with Crippen molar-refractivity contribution in [3.63, 3.8) is 0 Å². The number of nitro groups is 2. The average molecular weight is 650 g/mol. The summed E-state index contributed by atoms with van der Waals surface area (Å²) < 4.78 is 29.3. The first kappa shape index (κ1) is 31.3. The molecule has 0 aliphatic carbocycles. The molecule has 0 saturated carbocycles. The SMILES string of the molecule is Cc1ccc(S(=O)(=O)N[C@@H](Cc2ccccc2)C(=O)N2[C@H](c3ccccc3Cl)N2C(=O)c2cc([N+](=O)[O-])cc([N+](=O)[O-])c2)cc1. The average Bonchev–Trinajstić information content (AvgIpc) is 3.75. The molecule has 1 aliphatic heterocycles. The summed E-state index contributed by atoms with van der Waals surface area (Å²) in [6.45, 7) is 1.79. The van der Waals surface area contributed by atoms with E-state index in [1.165, 1.54) is 18.2 Å². The van der Waals surface area contributed by atoms with Crippen LogP contribution in [-0.2, 0) is 21.2 Å². The van der Waals surface area contributed by atoms with Gasteiger partial charge in [0.05, 0.1) is 26.4 Å². The summed E-state index contributed by atoms with van der Waals surface area (Å²) in [4.78, 5) is 49.1. The van der Waals surface area contributed by atoms with Gasteiger partial charge in [0.2, 0.25) is 10.0 Å². The monoisotopic (exact) mass is 649 g/mol. The summed E-state index contributed by atoms with van der Waals surface area (Å²) in [6.07, 6.45) is -1.24. The lowest BCUT2D eigenvalue weighted by Gasteiger charge is -2.19. The Balaban J connectivity index is 1.56. The van der Waals surface area contributed by atoms with Crippen LogP contribution in [0.5, 0.6) is 0 Å². The zero-order chi connectivity index (χ0) is 32.5. The Hall–Kier alpha value is -5.18. The topological polar surface area (TPSA) is 173 Å². The molecule has 230 valence electrons. The predicted molar refractivity (Wildman–Crippen MR) is 162 cm³/mol. The maximum Gasteiger partial charge on any atom is 0.277 e. The van der Waals surface area contributed by atoms with Crippen molar-refractivity contribution in [3.8, 4) is 0 Å². The van der Waals surface area contributed by atoms with Gasteiger partial charge in [-0.05, 0) is 37.1 Å². The number of non-ortho nitro benzene ring substituents is 2. The molecule has 1 saturated heterocycles. The van der Waals surface area contributed by atoms with Gasteiger partial charge < -0.3 is 0 Å². The zero-order valence-corrected chi connectivity index (χ0v) is 25.0. The van der Waals surface area contributed by atoms with E-state index in [9.17, 15) is 38.2 Å². The fraction of sp³-hybridized carbons (Fsp3) is 0.133. The molecule has 0 spiro atoms. The number of nitro benzene ring substituents is 2. The highest BCUT2D eigenvalue weighted by atomic mass is 35.5. The van der Waals surface area contributed by atoms with E-state index in [1.807, 2.05) is 0 Å². The van der Waals surface area contributed by atoms with Crippen LogP contribution in [0.25, 0.3) is 0 Å². The maximum atomic E-state index is 14.2. The highest BCUT2D eigenvalue weighted by Crippen LogP contribution is 2.46. The van der Waals surface area contributed by atoms with Gasteiger partial charge >= 0.3 is 0 Å². The van der Waals surface area contributed by atoms with Gasteiger partial charge in [-0.15, -0.1) is 0 Å². The van der Waals surface area contributed by atoms with Crippen molar-refractivity contribution < 1.29 is 27.9 Å². The molecule has 0 aromatic heterocycles. The van der Waals surface area contributed by atoms with Gasteiger partial charge in [-0.3, -0.25) is 29.8 Å². The van der Waals surface area contributed by atoms with Gasteiger partial charge in [0.25, 0.3) is 23.2 Å². The molecule has 0 bridgehead atoms. The fourth-order valence-corrected chi connectivity index (χ4v) is 6.20. The number of benzene rings is 4. The third-order valence-electron chi connectivity index (χ3n) is 7.04. The number of rotatable bonds is 10. The number of nitrogens with zero attached hydrogens (tertiary/aromatic N) is 4. The summed E-state index contributed by atoms with van der Waals surface area (Å²) in [5.74, 6) is -1.80. The van der Waals surface area contributed by atoms with E-state index in [1.54, 1.807) is 67.6 Å². The number of nitrogens with one attached hydrogen (secondary N) is 1. The first-order valence-corrected chi connectivity index (χ1v) is 15.2. The Labute approximate surface area is 262 Å². The number of aryl methyl sites for hydroxylation is 1. The Morgan fingerprint density at radius 2 is 1.44 bits per heavy atom. The van der Waals surface area contributed by atoms with Crippen LogP contribution in [0.4, 0.5) is 11.4 Å². The van der Waals surface area contributed by atoms with Crippen LogP contribution in [0.1, 0.15) is 33.2 Å². The molecule has 15 heteroatoms. The molecule has 2 atom stereocenters. The van der Waals surface area contributed by atoms with Gasteiger partial charge in [0.15, 0.2) is 6.17 Å². The van der Waals surface area contributed by atoms with E-state index >= 15 is 0 Å². The molecule has 4 aromatic carbocycles. The minimum absolute atomic E-state index is 0.0794. The second-order valence-corrected chi connectivity index (χ2v) is 12.3. The zero-order valence-electron chi connectivity index (χ0n) is 23.4. The van der Waals surface area contributed by atoms with Crippen molar-refractivity contribution in [1.29, 1.82) is 0 Å². The molecule has 4 aromatic rings. The first-order valence-electron chi connectivity index (χ1n) is 13.3. The van der Waals surface area contributed by atoms with Gasteiger partial charge in [-0.2, -0.15) is 4.72 Å². The molecule has 1 aliphatic rings. The summed E-state index contributed by atoms with van der Waals surface area (Å²) >= 11 is 6.42. The standard InChI is InChI=1S/C30H24ClN5O8S/c1-19-11-13-24(14-12-19)45(43,44)32-27(15-20-7-3-2-4-8-20)30(38)34-28(25-9-5-6-10-26(25)31)33(34)29(37)21-16-22(35(39)40)18-23(17-21)36(41)42/h2-14,16-18,27-28,32H,15H2,1H3/t27-,28+,33?,34?/m0/s1. The van der Waals surface area contributed by atoms with Gasteiger partial charge in [0.1, 0.15) is 6.04 Å². The lowest BCUT2D eigenvalue weighted by molar-refractivity contribution is -0.394. The quantitative estimate of drug-likeness (QED) is 0.143. The Morgan fingerprint density at radius 1 is 0.867 bits per heavy atom. The van der Waals surface area contributed by atoms with Crippen LogP contribution in [0.15, 0.2) is 102 Å². The Morgan fingerprint density at radius 3 is 2.02 bits per heavy atom. The summed E-state index contributed by atoms with van der Waals surface area (Å²) in [5.41, 5.74) is -0.0774. The third-order valence-corrected chi connectivity index (χ3v) is 8.87. The molecule has 1 N–H and O–H groups in total. The molecule has 2 amide bonds. The number of sulfonamides is 1. The number of carbonyl (C=O) groups excluding carboxylic acids is 2. The molecule has 0 unspecified atom stereocenters. The lowest BCUT2D eigenvalue weighted by Crippen LogP contribution is -2.46. The number of hydrogen-bond acceptors (Lipinski definition) is 8. The van der Waals surface area contributed by atoms with Crippen LogP contribution in [0.2, 0.25) is 5.02 Å². The van der Waals surface area contributed by atoms with Crippen molar-refractivity contribution in [3.05, 3.63) is 145 Å². The van der Waals surface area contributed by atoms with Crippen LogP contribution in [0.3, 0.4) is 0 Å². The highest BCUT2D eigenvalue weighted by molar-refractivity contribution is 7.89. The molecular weight excluding hydrogens is 626 g/mol. The molecule has 13 nitrogen and oxygen atoms in total. The van der Waals surface area contributed by atoms with E-state index in [-0.39, 0.29) is 16.3 Å². The van der Waals surface area contributed by atoms with Crippen molar-refractivity contribution in [2.75, 3.05) is 0 Å². The fourth-order valence-electron chi connectivity index (χ4n) is 4.78. The van der Waals surface area contributed by atoms with E-state index in [2.05, 4.69) is 4.72 Å². The number of halogens is 1. The van der Waals surface area contributed by atoms with Crippen molar-refractivity contribution in [2.24, 2.45) is 0 Å². The normalized spacial score (nSPS) is 14.9. The van der Waals surface area contributed by atoms with E-state index in [0.717, 1.165) is 27.7 Å². The van der Waals surface area contributed by atoms with Gasteiger partial charge in [-0.25, -0.2) is 18.4 Å². The second kappa shape index (κ2) is 12.4. The number of hydrogen-bond donors (Lipinski definition) is 1. The third kappa shape index (κ3) is 6.67. The summed E-state index contributed by atoms with van der Waals surface area (Å²) in [6, 6.07) is 22.0. The Kier molecular flexibility index (Phi) is 8.64. The molecule has 1 fully saturated rings. The molecule has 0 radical (unpaired) electrons. The number of hydrazine groups is 1. The van der Waals surface area contributed by atoms with Crippen molar-refractivity contribution in [2.45, 2.75) is 30.4 Å². The van der Waals surface area contributed by atoms with Crippen molar-refractivity contribution in [1.82, 2.24) is 14.7 Å². The Bertz CT molecular complexity index is 1890. The maximum absolute atomic E-state index is 14.2. The smallest absolute Gasteiger partial charge is 0.271 e. The lowest BCUT2D eigenvalue weighted by atomic mass is 10.1. The predicted octanol–water partition coefficient (Wildman–Crippen LogP) is 4.95. The molecule has 5 rings (SSSR count).